The molecule has 4 aromatic rings. The van der Waals surface area contributed by atoms with E-state index in [1.54, 1.807) is 54.6 Å². The molecule has 0 saturated carbocycles. The normalized spacial score (nSPS) is 12.6. The van der Waals surface area contributed by atoms with Gasteiger partial charge >= 0.3 is 0 Å². The molecule has 45 heavy (non-hydrogen) atoms. The third-order valence-electron chi connectivity index (χ3n) is 7.34. The number of carbonyl (C=O) groups is 2. The van der Waals surface area contributed by atoms with Crippen molar-refractivity contribution in [2.24, 2.45) is 0 Å². The fourth-order valence-corrected chi connectivity index (χ4v) is 6.78. The van der Waals surface area contributed by atoms with Crippen molar-refractivity contribution < 1.29 is 18.0 Å². The number of hydrogen-bond donors (Lipinski definition) is 1. The Morgan fingerprint density at radius 2 is 1.40 bits per heavy atom. The Kier molecular flexibility index (Phi) is 11.9. The average Bonchev–Trinajstić information content (AvgIpc) is 3.04. The van der Waals surface area contributed by atoms with Crippen LogP contribution in [-0.4, -0.2) is 43.8 Å². The molecule has 236 valence electrons. The van der Waals surface area contributed by atoms with Crippen molar-refractivity contribution >= 4 is 62.3 Å². The van der Waals surface area contributed by atoms with Crippen LogP contribution in [0.1, 0.15) is 31.4 Å². The SMILES string of the molecule is CC[C@H](C)NC(=O)[C@H](Cc1ccccc1)N(Cc1ccc(Cl)c(Cl)c1)C(=O)CN(c1ccccc1Cl)S(=O)(=O)c1ccccc1. The van der Waals surface area contributed by atoms with E-state index < -0.39 is 28.5 Å². The molecular formula is C34H34Cl3N3O4S. The van der Waals surface area contributed by atoms with Crippen LogP contribution >= 0.6 is 34.8 Å². The number of rotatable bonds is 13. The second-order valence-electron chi connectivity index (χ2n) is 10.6. The van der Waals surface area contributed by atoms with E-state index in [2.05, 4.69) is 5.32 Å². The van der Waals surface area contributed by atoms with E-state index in [4.69, 9.17) is 34.8 Å². The molecule has 0 fully saturated rings. The van der Waals surface area contributed by atoms with Crippen molar-refractivity contribution in [3.05, 3.63) is 129 Å². The van der Waals surface area contributed by atoms with Gasteiger partial charge in [0.25, 0.3) is 10.0 Å². The molecule has 4 aromatic carbocycles. The first kappa shape index (κ1) is 34.3. The number of nitrogens with one attached hydrogen (secondary N) is 1. The van der Waals surface area contributed by atoms with E-state index in [9.17, 15) is 18.0 Å². The molecule has 2 atom stereocenters. The van der Waals surface area contributed by atoms with Gasteiger partial charge in [-0.1, -0.05) is 108 Å². The van der Waals surface area contributed by atoms with E-state index in [1.807, 2.05) is 44.2 Å². The highest BCUT2D eigenvalue weighted by Gasteiger charge is 2.35. The Morgan fingerprint density at radius 1 is 0.778 bits per heavy atom. The zero-order chi connectivity index (χ0) is 32.6. The number of para-hydroxylation sites is 1. The molecule has 0 unspecified atom stereocenters. The largest absolute Gasteiger partial charge is 0.352 e. The first-order valence-corrected chi connectivity index (χ1v) is 17.0. The van der Waals surface area contributed by atoms with E-state index in [0.717, 1.165) is 9.87 Å². The Morgan fingerprint density at radius 3 is 2.02 bits per heavy atom. The molecule has 4 rings (SSSR count). The summed E-state index contributed by atoms with van der Waals surface area (Å²) < 4.78 is 29.1. The van der Waals surface area contributed by atoms with Crippen molar-refractivity contribution in [3.63, 3.8) is 0 Å². The summed E-state index contributed by atoms with van der Waals surface area (Å²) in [5.41, 5.74) is 1.57. The number of halogens is 3. The lowest BCUT2D eigenvalue weighted by Gasteiger charge is -2.34. The minimum absolute atomic E-state index is 0.0101. The van der Waals surface area contributed by atoms with E-state index >= 15 is 0 Å². The number of hydrogen-bond acceptors (Lipinski definition) is 4. The Hall–Kier alpha value is -3.56. The maximum Gasteiger partial charge on any atom is 0.264 e. The second-order valence-corrected chi connectivity index (χ2v) is 13.7. The molecule has 0 bridgehead atoms. The Balaban J connectivity index is 1.82. The van der Waals surface area contributed by atoms with Crippen molar-refractivity contribution in [1.29, 1.82) is 0 Å². The van der Waals surface area contributed by atoms with Gasteiger partial charge in [-0.25, -0.2) is 8.42 Å². The average molecular weight is 687 g/mol. The number of nitrogens with zero attached hydrogens (tertiary/aromatic N) is 2. The summed E-state index contributed by atoms with van der Waals surface area (Å²) in [6, 6.07) is 27.4. The fraction of sp³-hybridized carbons (Fsp3) is 0.235. The van der Waals surface area contributed by atoms with Crippen LogP contribution < -0.4 is 9.62 Å². The molecule has 0 aliphatic rings. The number of amides is 2. The van der Waals surface area contributed by atoms with Crippen molar-refractivity contribution in [2.45, 2.75) is 50.2 Å². The third kappa shape index (κ3) is 8.79. The van der Waals surface area contributed by atoms with Crippen LogP contribution in [0.5, 0.6) is 0 Å². The quantitative estimate of drug-likeness (QED) is 0.159. The molecule has 1 N–H and O–H groups in total. The van der Waals surface area contributed by atoms with Crippen LogP contribution in [0.4, 0.5) is 5.69 Å². The summed E-state index contributed by atoms with van der Waals surface area (Å²) in [6.07, 6.45) is 0.869. The molecule has 0 aliphatic carbocycles. The number of benzene rings is 4. The predicted octanol–water partition coefficient (Wildman–Crippen LogP) is 7.40. The second kappa shape index (κ2) is 15.6. The Labute approximate surface area is 279 Å². The number of carbonyl (C=O) groups excluding carboxylic acids is 2. The molecule has 0 aromatic heterocycles. The lowest BCUT2D eigenvalue weighted by Crippen LogP contribution is -2.54. The number of anilines is 1. The highest BCUT2D eigenvalue weighted by Crippen LogP contribution is 2.31. The maximum absolute atomic E-state index is 14.5. The Bertz CT molecular complexity index is 1720. The smallest absolute Gasteiger partial charge is 0.264 e. The van der Waals surface area contributed by atoms with Gasteiger partial charge in [0.15, 0.2) is 0 Å². The van der Waals surface area contributed by atoms with Gasteiger partial charge in [0, 0.05) is 19.0 Å². The van der Waals surface area contributed by atoms with Gasteiger partial charge in [0.05, 0.1) is 25.7 Å². The molecule has 11 heteroatoms. The van der Waals surface area contributed by atoms with E-state index in [0.29, 0.717) is 17.0 Å². The summed E-state index contributed by atoms with van der Waals surface area (Å²) in [7, 11) is -4.26. The molecular weight excluding hydrogens is 653 g/mol. The van der Waals surface area contributed by atoms with Crippen LogP contribution in [0.3, 0.4) is 0 Å². The summed E-state index contributed by atoms with van der Waals surface area (Å²) in [4.78, 5) is 29.8. The fourth-order valence-electron chi connectivity index (χ4n) is 4.72. The molecule has 0 heterocycles. The lowest BCUT2D eigenvalue weighted by atomic mass is 10.0. The van der Waals surface area contributed by atoms with Crippen molar-refractivity contribution in [1.82, 2.24) is 10.2 Å². The van der Waals surface area contributed by atoms with Gasteiger partial charge in [-0.3, -0.25) is 13.9 Å². The lowest BCUT2D eigenvalue weighted by molar-refractivity contribution is -0.140. The molecule has 0 saturated heterocycles. The van der Waals surface area contributed by atoms with Crippen LogP contribution in [0.15, 0.2) is 108 Å². The summed E-state index contributed by atoms with van der Waals surface area (Å²) in [5, 5.41) is 3.78. The van der Waals surface area contributed by atoms with Gasteiger partial charge < -0.3 is 10.2 Å². The summed E-state index contributed by atoms with van der Waals surface area (Å²) in [6.45, 7) is 3.17. The summed E-state index contributed by atoms with van der Waals surface area (Å²) >= 11 is 19.0. The molecule has 7 nitrogen and oxygen atoms in total. The van der Waals surface area contributed by atoms with Crippen LogP contribution in [-0.2, 0) is 32.6 Å². The molecule has 2 amide bonds. The highest BCUT2D eigenvalue weighted by atomic mass is 35.5. The maximum atomic E-state index is 14.5. The van der Waals surface area contributed by atoms with Crippen molar-refractivity contribution in [2.75, 3.05) is 10.8 Å². The van der Waals surface area contributed by atoms with Crippen LogP contribution in [0.2, 0.25) is 15.1 Å². The monoisotopic (exact) mass is 685 g/mol. The minimum Gasteiger partial charge on any atom is -0.352 e. The van der Waals surface area contributed by atoms with E-state index in [1.165, 1.54) is 23.1 Å². The molecule has 0 radical (unpaired) electrons. The number of sulfonamides is 1. The van der Waals surface area contributed by atoms with E-state index in [-0.39, 0.29) is 45.5 Å². The highest BCUT2D eigenvalue weighted by molar-refractivity contribution is 7.92. The summed E-state index contributed by atoms with van der Waals surface area (Å²) in [5.74, 6) is -0.974. The first-order valence-electron chi connectivity index (χ1n) is 14.4. The molecule has 0 spiro atoms. The van der Waals surface area contributed by atoms with Crippen molar-refractivity contribution in [3.8, 4) is 0 Å². The van der Waals surface area contributed by atoms with Gasteiger partial charge in [-0.2, -0.15) is 0 Å². The van der Waals surface area contributed by atoms with Gasteiger partial charge in [-0.15, -0.1) is 0 Å². The predicted molar refractivity (Wildman–Crippen MR) is 181 cm³/mol. The van der Waals surface area contributed by atoms with Gasteiger partial charge in [0.1, 0.15) is 12.6 Å². The van der Waals surface area contributed by atoms with Crippen LogP contribution in [0, 0.1) is 0 Å². The molecule has 0 aliphatic heterocycles. The van der Waals surface area contributed by atoms with Crippen LogP contribution in [0.25, 0.3) is 0 Å². The van der Waals surface area contributed by atoms with Gasteiger partial charge in [-0.05, 0) is 60.9 Å². The zero-order valence-electron chi connectivity index (χ0n) is 24.9. The van der Waals surface area contributed by atoms with Gasteiger partial charge in [0.2, 0.25) is 11.8 Å². The third-order valence-corrected chi connectivity index (χ3v) is 10.2. The first-order chi connectivity index (χ1) is 21.5. The standard InChI is InChI=1S/C34H34Cl3N3O4S/c1-3-24(2)38-34(42)32(21-25-12-6-4-7-13-25)39(22-26-18-19-28(35)30(37)20-26)33(41)23-40(31-17-11-10-16-29(31)36)45(43,44)27-14-8-5-9-15-27/h4-20,24,32H,3,21-23H2,1-2H3,(H,38,42)/t24-,32-/m0/s1. The zero-order valence-corrected chi connectivity index (χ0v) is 28.0. The topological polar surface area (TPSA) is 86.8 Å². The minimum atomic E-state index is -4.26.